The van der Waals surface area contributed by atoms with Gasteiger partial charge in [0.2, 0.25) is 11.7 Å². The van der Waals surface area contributed by atoms with Crippen LogP contribution in [0.15, 0.2) is 0 Å². The molecule has 0 spiro atoms. The number of hydrogen-bond acceptors (Lipinski definition) is 4. The van der Waals surface area contributed by atoms with Gasteiger partial charge in [0.25, 0.3) is 5.91 Å². The second-order valence-corrected chi connectivity index (χ2v) is 5.44. The van der Waals surface area contributed by atoms with Crippen molar-refractivity contribution >= 4 is 11.8 Å². The molecule has 0 bridgehead atoms. The number of carbonyl (C=O) groups is 2. The Morgan fingerprint density at radius 2 is 2.00 bits per heavy atom. The molecule has 0 radical (unpaired) electrons. The molecule has 1 aromatic heterocycles. The summed E-state index contributed by atoms with van der Waals surface area (Å²) in [5.41, 5.74) is 4.84. The van der Waals surface area contributed by atoms with Crippen molar-refractivity contribution in [2.75, 3.05) is 6.54 Å². The van der Waals surface area contributed by atoms with E-state index in [1.807, 2.05) is 20.8 Å². The zero-order valence-corrected chi connectivity index (χ0v) is 11.6. The second-order valence-electron chi connectivity index (χ2n) is 5.44. The van der Waals surface area contributed by atoms with Gasteiger partial charge >= 0.3 is 0 Å². The molecule has 0 aromatic carbocycles. The van der Waals surface area contributed by atoms with Gasteiger partial charge in [-0.05, 0) is 12.8 Å². The molecule has 1 heterocycles. The Balaban J connectivity index is 2.38. The van der Waals surface area contributed by atoms with Crippen LogP contribution < -0.4 is 11.1 Å². The topological polar surface area (TPSA) is 114 Å². The highest BCUT2D eigenvalue weighted by Gasteiger charge is 2.20. The third kappa shape index (κ3) is 5.07. The van der Waals surface area contributed by atoms with Crippen LogP contribution in [0, 0.1) is 0 Å². The number of nitrogens with zero attached hydrogens (tertiary/aromatic N) is 2. The number of nitrogens with two attached hydrogens (primary N) is 1. The average molecular weight is 267 g/mol. The van der Waals surface area contributed by atoms with Crippen LogP contribution in [0.25, 0.3) is 0 Å². The molecule has 0 saturated heterocycles. The van der Waals surface area contributed by atoms with Gasteiger partial charge in [-0.3, -0.25) is 14.7 Å². The van der Waals surface area contributed by atoms with Gasteiger partial charge in [-0.1, -0.05) is 20.8 Å². The van der Waals surface area contributed by atoms with Crippen LogP contribution in [0.5, 0.6) is 0 Å². The van der Waals surface area contributed by atoms with Crippen molar-refractivity contribution in [3.05, 3.63) is 11.6 Å². The second kappa shape index (κ2) is 6.31. The maximum absolute atomic E-state index is 11.7. The monoisotopic (exact) mass is 267 g/mol. The van der Waals surface area contributed by atoms with E-state index in [0.29, 0.717) is 31.6 Å². The van der Waals surface area contributed by atoms with E-state index < -0.39 is 0 Å². The highest BCUT2D eigenvalue weighted by molar-refractivity contribution is 5.90. The molecule has 0 atom stereocenters. The number of H-pyrrole nitrogens is 1. The molecule has 7 nitrogen and oxygen atoms in total. The minimum absolute atomic E-state index is 0.139. The lowest BCUT2D eigenvalue weighted by atomic mass is 9.96. The molecule has 0 unspecified atom stereocenters. The molecule has 2 amide bonds. The lowest BCUT2D eigenvalue weighted by molar-refractivity contribution is -0.118. The Kier molecular flexibility index (Phi) is 5.02. The number of rotatable bonds is 6. The molecular weight excluding hydrogens is 246 g/mol. The number of aromatic amines is 1. The Morgan fingerprint density at radius 1 is 1.32 bits per heavy atom. The van der Waals surface area contributed by atoms with Gasteiger partial charge in [0.1, 0.15) is 5.82 Å². The normalized spacial score (nSPS) is 11.3. The van der Waals surface area contributed by atoms with Crippen LogP contribution >= 0.6 is 0 Å². The Morgan fingerprint density at radius 3 is 2.53 bits per heavy atom. The molecular formula is C12H21N5O2. The van der Waals surface area contributed by atoms with Crippen LogP contribution in [-0.2, 0) is 10.2 Å². The van der Waals surface area contributed by atoms with E-state index in [0.717, 1.165) is 0 Å². The molecule has 1 aromatic rings. The van der Waals surface area contributed by atoms with E-state index in [2.05, 4.69) is 20.5 Å². The van der Waals surface area contributed by atoms with Crippen LogP contribution in [0.1, 0.15) is 56.5 Å². The highest BCUT2D eigenvalue weighted by Crippen LogP contribution is 2.17. The predicted octanol–water partition coefficient (Wildman–Crippen LogP) is 0.488. The van der Waals surface area contributed by atoms with Crippen molar-refractivity contribution in [3.63, 3.8) is 0 Å². The average Bonchev–Trinajstić information content (AvgIpc) is 2.76. The Hall–Kier alpha value is -1.92. The number of amides is 2. The molecule has 0 saturated carbocycles. The molecule has 4 N–H and O–H groups in total. The number of primary amides is 1. The van der Waals surface area contributed by atoms with Gasteiger partial charge in [-0.25, -0.2) is 4.98 Å². The largest absolute Gasteiger partial charge is 0.370 e. The summed E-state index contributed by atoms with van der Waals surface area (Å²) in [4.78, 5) is 26.4. The fourth-order valence-electron chi connectivity index (χ4n) is 1.40. The lowest BCUT2D eigenvalue weighted by Crippen LogP contribution is -2.26. The van der Waals surface area contributed by atoms with Gasteiger partial charge in [-0.2, -0.15) is 0 Å². The highest BCUT2D eigenvalue weighted by atomic mass is 16.2. The molecule has 0 aliphatic carbocycles. The minimum atomic E-state index is -0.324. The zero-order valence-electron chi connectivity index (χ0n) is 11.6. The smallest absolute Gasteiger partial charge is 0.290 e. The van der Waals surface area contributed by atoms with Crippen molar-refractivity contribution in [1.29, 1.82) is 0 Å². The van der Waals surface area contributed by atoms with Gasteiger partial charge in [0.05, 0.1) is 0 Å². The van der Waals surface area contributed by atoms with Crippen molar-refractivity contribution < 1.29 is 9.59 Å². The van der Waals surface area contributed by atoms with E-state index in [4.69, 9.17) is 5.73 Å². The van der Waals surface area contributed by atoms with Crippen LogP contribution in [0.4, 0.5) is 0 Å². The minimum Gasteiger partial charge on any atom is -0.370 e. The molecule has 0 fully saturated rings. The number of carbonyl (C=O) groups excluding carboxylic acids is 2. The quantitative estimate of drug-likeness (QED) is 0.651. The fraction of sp³-hybridized carbons (Fsp3) is 0.667. The first kappa shape index (κ1) is 15.1. The maximum atomic E-state index is 11.7. The number of hydrogen-bond donors (Lipinski definition) is 3. The standard InChI is InChI=1S/C12H21N5O2/c1-12(2,3)11-15-9(16-17-11)10(19)14-7-5-4-6-8(13)18/h4-7H2,1-3H3,(H2,13,18)(H,14,19)(H,15,16,17). The molecule has 7 heteroatoms. The third-order valence-corrected chi connectivity index (χ3v) is 2.53. The summed E-state index contributed by atoms with van der Waals surface area (Å²) in [7, 11) is 0. The van der Waals surface area contributed by atoms with Crippen molar-refractivity contribution in [1.82, 2.24) is 20.5 Å². The van der Waals surface area contributed by atoms with Crippen molar-refractivity contribution in [3.8, 4) is 0 Å². The summed E-state index contributed by atoms with van der Waals surface area (Å²) < 4.78 is 0. The summed E-state index contributed by atoms with van der Waals surface area (Å²) in [6.07, 6.45) is 1.70. The van der Waals surface area contributed by atoms with E-state index in [1.165, 1.54) is 0 Å². The van der Waals surface area contributed by atoms with Crippen molar-refractivity contribution in [2.45, 2.75) is 45.4 Å². The molecule has 1 rings (SSSR count). The number of unbranched alkanes of at least 4 members (excludes halogenated alkanes) is 1. The SMILES string of the molecule is CC(C)(C)c1nc(C(=O)NCCCCC(N)=O)n[nH]1. The number of nitrogens with one attached hydrogen (secondary N) is 2. The van der Waals surface area contributed by atoms with Gasteiger partial charge in [0.15, 0.2) is 0 Å². The third-order valence-electron chi connectivity index (χ3n) is 2.53. The first-order valence-corrected chi connectivity index (χ1v) is 6.30. The van der Waals surface area contributed by atoms with E-state index in [9.17, 15) is 9.59 Å². The summed E-state index contributed by atoms with van der Waals surface area (Å²) >= 11 is 0. The first-order chi connectivity index (χ1) is 8.80. The maximum Gasteiger partial charge on any atom is 0.290 e. The molecule has 19 heavy (non-hydrogen) atoms. The van der Waals surface area contributed by atoms with Gasteiger partial charge in [-0.15, -0.1) is 5.10 Å². The summed E-state index contributed by atoms with van der Waals surface area (Å²) in [6, 6.07) is 0. The Bertz CT molecular complexity index is 447. The summed E-state index contributed by atoms with van der Waals surface area (Å²) in [5, 5.41) is 9.35. The van der Waals surface area contributed by atoms with E-state index in [1.54, 1.807) is 0 Å². The summed E-state index contributed by atoms with van der Waals surface area (Å²) in [6.45, 7) is 6.43. The zero-order chi connectivity index (χ0) is 14.5. The molecule has 106 valence electrons. The fourth-order valence-corrected chi connectivity index (χ4v) is 1.40. The lowest BCUT2D eigenvalue weighted by Gasteiger charge is -2.12. The van der Waals surface area contributed by atoms with Crippen molar-refractivity contribution in [2.24, 2.45) is 5.73 Å². The number of aromatic nitrogens is 3. The van der Waals surface area contributed by atoms with Gasteiger partial charge < -0.3 is 11.1 Å². The molecule has 0 aliphatic rings. The first-order valence-electron chi connectivity index (χ1n) is 6.30. The summed E-state index contributed by atoms with van der Waals surface area (Å²) in [5.74, 6) is 0.173. The van der Waals surface area contributed by atoms with E-state index in [-0.39, 0.29) is 23.1 Å². The van der Waals surface area contributed by atoms with Crippen LogP contribution in [-0.4, -0.2) is 33.5 Å². The van der Waals surface area contributed by atoms with Crippen LogP contribution in [0.3, 0.4) is 0 Å². The van der Waals surface area contributed by atoms with Crippen LogP contribution in [0.2, 0.25) is 0 Å². The van der Waals surface area contributed by atoms with Gasteiger partial charge in [0, 0.05) is 18.4 Å². The predicted molar refractivity (Wildman–Crippen MR) is 70.5 cm³/mol. The molecule has 0 aliphatic heterocycles. The van der Waals surface area contributed by atoms with E-state index >= 15 is 0 Å². The Labute approximate surface area is 112 Å².